The Kier molecular flexibility index (Phi) is 6.52. The van der Waals surface area contributed by atoms with Crippen molar-refractivity contribution in [2.75, 3.05) is 31.6 Å². The molecule has 134 valence electrons. The van der Waals surface area contributed by atoms with E-state index in [4.69, 9.17) is 11.6 Å². The maximum atomic E-state index is 11.2. The quantitative estimate of drug-likeness (QED) is 0.418. The number of aliphatic imine (C=N–C) groups is 1. The highest BCUT2D eigenvalue weighted by Crippen LogP contribution is 2.48. The predicted molar refractivity (Wildman–Crippen MR) is 101 cm³/mol. The lowest BCUT2D eigenvalue weighted by Gasteiger charge is -2.16. The Hall–Kier alpha value is -1.27. The molecule has 1 saturated carbocycles. The van der Waals surface area contributed by atoms with Crippen LogP contribution in [0.25, 0.3) is 0 Å². The van der Waals surface area contributed by atoms with Crippen LogP contribution in [0.1, 0.15) is 31.7 Å². The monoisotopic (exact) mass is 371 g/mol. The lowest BCUT2D eigenvalue weighted by Crippen LogP contribution is -2.38. The van der Waals surface area contributed by atoms with E-state index in [1.165, 1.54) is 11.8 Å². The molecule has 1 aliphatic carbocycles. The molecule has 1 aromatic carbocycles. The number of rotatable bonds is 8. The van der Waals surface area contributed by atoms with Crippen molar-refractivity contribution in [1.82, 2.24) is 10.6 Å². The molecule has 0 unspecified atom stereocenters. The molecule has 2 rings (SSSR count). The van der Waals surface area contributed by atoms with Crippen molar-refractivity contribution in [3.63, 3.8) is 0 Å². The Labute approximate surface area is 149 Å². The van der Waals surface area contributed by atoms with Crippen molar-refractivity contribution in [2.45, 2.75) is 31.6 Å². The minimum Gasteiger partial charge on any atom is -0.357 e. The van der Waals surface area contributed by atoms with Crippen LogP contribution in [0.5, 0.6) is 0 Å². The summed E-state index contributed by atoms with van der Waals surface area (Å²) in [6, 6.07) is 8.01. The van der Waals surface area contributed by atoms with Crippen LogP contribution in [-0.2, 0) is 15.3 Å². The molecule has 0 atom stereocenters. The Morgan fingerprint density at radius 3 is 2.67 bits per heavy atom. The van der Waals surface area contributed by atoms with Gasteiger partial charge in [-0.3, -0.25) is 4.99 Å². The molecule has 0 aliphatic heterocycles. The van der Waals surface area contributed by atoms with E-state index in [1.54, 1.807) is 0 Å². The van der Waals surface area contributed by atoms with Gasteiger partial charge in [-0.25, -0.2) is 8.42 Å². The second-order valence-electron chi connectivity index (χ2n) is 6.40. The normalized spacial score (nSPS) is 16.7. The van der Waals surface area contributed by atoms with Crippen molar-refractivity contribution >= 4 is 27.4 Å². The van der Waals surface area contributed by atoms with Gasteiger partial charge in [-0.1, -0.05) is 23.7 Å². The third kappa shape index (κ3) is 5.98. The van der Waals surface area contributed by atoms with E-state index in [1.807, 2.05) is 25.1 Å². The summed E-state index contributed by atoms with van der Waals surface area (Å²) in [6.45, 7) is 4.07. The van der Waals surface area contributed by atoms with E-state index in [-0.39, 0.29) is 11.2 Å². The summed E-state index contributed by atoms with van der Waals surface area (Å²) in [5.41, 5.74) is 1.34. The van der Waals surface area contributed by atoms with E-state index < -0.39 is 9.84 Å². The van der Waals surface area contributed by atoms with Gasteiger partial charge in [-0.2, -0.15) is 0 Å². The third-order valence-electron chi connectivity index (χ3n) is 4.16. The largest absolute Gasteiger partial charge is 0.357 e. The summed E-state index contributed by atoms with van der Waals surface area (Å²) >= 11 is 6.10. The van der Waals surface area contributed by atoms with Gasteiger partial charge >= 0.3 is 0 Å². The summed E-state index contributed by atoms with van der Waals surface area (Å²) in [5.74, 6) is 0.922. The molecule has 0 radical (unpaired) electrons. The van der Waals surface area contributed by atoms with E-state index in [9.17, 15) is 8.42 Å². The summed E-state index contributed by atoms with van der Waals surface area (Å²) in [7, 11) is -2.91. The summed E-state index contributed by atoms with van der Waals surface area (Å²) in [5, 5.41) is 7.17. The zero-order valence-electron chi connectivity index (χ0n) is 14.3. The number of nitrogens with one attached hydrogen (secondary N) is 2. The fraction of sp³-hybridized carbons (Fsp3) is 0.588. The first-order valence-corrected chi connectivity index (χ1v) is 10.7. The predicted octanol–water partition coefficient (Wildman–Crippen LogP) is 2.36. The molecule has 0 bridgehead atoms. The molecule has 1 fully saturated rings. The fourth-order valence-corrected chi connectivity index (χ4v) is 3.48. The molecule has 2 N–H and O–H groups in total. The molecule has 1 aromatic rings. The zero-order chi connectivity index (χ0) is 17.6. The molecular formula is C17H26ClN3O2S. The van der Waals surface area contributed by atoms with Gasteiger partial charge in [-0.05, 0) is 43.9 Å². The van der Waals surface area contributed by atoms with Crippen molar-refractivity contribution < 1.29 is 8.42 Å². The van der Waals surface area contributed by atoms with Crippen molar-refractivity contribution in [3.05, 3.63) is 34.9 Å². The zero-order valence-corrected chi connectivity index (χ0v) is 15.9. The summed E-state index contributed by atoms with van der Waals surface area (Å²) in [6.07, 6.45) is 4.06. The highest BCUT2D eigenvalue weighted by molar-refractivity contribution is 7.90. The molecule has 5 nitrogen and oxygen atoms in total. The number of nitrogens with zero attached hydrogens (tertiary/aromatic N) is 1. The van der Waals surface area contributed by atoms with Crippen LogP contribution in [0, 0.1) is 0 Å². The molecule has 0 amide bonds. The van der Waals surface area contributed by atoms with Gasteiger partial charge in [0.1, 0.15) is 9.84 Å². The van der Waals surface area contributed by atoms with Crippen LogP contribution in [0.3, 0.4) is 0 Å². The highest BCUT2D eigenvalue weighted by atomic mass is 35.5. The third-order valence-corrected chi connectivity index (χ3v) is 5.42. The number of sulfone groups is 1. The Morgan fingerprint density at radius 2 is 2.08 bits per heavy atom. The van der Waals surface area contributed by atoms with Gasteiger partial charge in [0, 0.05) is 29.8 Å². The molecule has 0 saturated heterocycles. The van der Waals surface area contributed by atoms with E-state index >= 15 is 0 Å². The highest BCUT2D eigenvalue weighted by Gasteiger charge is 2.44. The Morgan fingerprint density at radius 1 is 1.33 bits per heavy atom. The average Bonchev–Trinajstić information content (AvgIpc) is 3.29. The number of hydrogen-bond acceptors (Lipinski definition) is 3. The maximum Gasteiger partial charge on any atom is 0.191 e. The fourth-order valence-electron chi connectivity index (χ4n) is 2.62. The topological polar surface area (TPSA) is 70.6 Å². The van der Waals surface area contributed by atoms with Crippen molar-refractivity contribution in [2.24, 2.45) is 4.99 Å². The second kappa shape index (κ2) is 8.21. The van der Waals surface area contributed by atoms with Crippen molar-refractivity contribution in [1.29, 1.82) is 0 Å². The van der Waals surface area contributed by atoms with Crippen LogP contribution in [0.4, 0.5) is 0 Å². The van der Waals surface area contributed by atoms with E-state index in [0.717, 1.165) is 30.4 Å². The minimum absolute atomic E-state index is 0.0972. The summed E-state index contributed by atoms with van der Waals surface area (Å²) in [4.78, 5) is 4.69. The lowest BCUT2D eigenvalue weighted by atomic mass is 9.96. The first-order chi connectivity index (χ1) is 11.3. The molecule has 0 heterocycles. The number of benzene rings is 1. The molecule has 7 heteroatoms. The smallest absolute Gasteiger partial charge is 0.191 e. The first kappa shape index (κ1) is 19.1. The van der Waals surface area contributed by atoms with Gasteiger partial charge in [-0.15, -0.1) is 0 Å². The molecule has 24 heavy (non-hydrogen) atoms. The number of halogens is 1. The molecule has 0 spiro atoms. The molecule has 0 aromatic heterocycles. The van der Waals surface area contributed by atoms with Gasteiger partial charge in [0.05, 0.1) is 12.3 Å². The van der Waals surface area contributed by atoms with Gasteiger partial charge in [0.15, 0.2) is 5.96 Å². The molecular weight excluding hydrogens is 346 g/mol. The van der Waals surface area contributed by atoms with E-state index in [0.29, 0.717) is 19.5 Å². The van der Waals surface area contributed by atoms with Crippen LogP contribution in [-0.4, -0.2) is 46.0 Å². The van der Waals surface area contributed by atoms with Gasteiger partial charge in [0.2, 0.25) is 0 Å². The van der Waals surface area contributed by atoms with Crippen LogP contribution in [0.15, 0.2) is 29.3 Å². The lowest BCUT2D eigenvalue weighted by molar-refractivity contribution is 0.598. The second-order valence-corrected chi connectivity index (χ2v) is 9.09. The Balaban J connectivity index is 1.93. The van der Waals surface area contributed by atoms with E-state index in [2.05, 4.69) is 21.7 Å². The van der Waals surface area contributed by atoms with Crippen molar-refractivity contribution in [3.8, 4) is 0 Å². The molecule has 1 aliphatic rings. The Bertz CT molecular complexity index is 685. The SMILES string of the molecule is CCNC(=NCC1(c2cccc(Cl)c2)CC1)NCCCS(C)(=O)=O. The standard InChI is InChI=1S/C17H26ClN3O2S/c1-3-19-16(20-10-5-11-24(2,22)23)21-13-17(8-9-17)14-6-4-7-15(18)12-14/h4,6-7,12H,3,5,8-11,13H2,1-2H3,(H2,19,20,21). The van der Waals surface area contributed by atoms with Gasteiger partial charge < -0.3 is 10.6 Å². The van der Waals surface area contributed by atoms with Crippen LogP contribution >= 0.6 is 11.6 Å². The van der Waals surface area contributed by atoms with Gasteiger partial charge in [0.25, 0.3) is 0 Å². The van der Waals surface area contributed by atoms with Crippen LogP contribution < -0.4 is 10.6 Å². The maximum absolute atomic E-state index is 11.2. The summed E-state index contributed by atoms with van der Waals surface area (Å²) < 4.78 is 22.3. The number of guanidine groups is 1. The average molecular weight is 372 g/mol. The number of hydrogen-bond donors (Lipinski definition) is 2. The van der Waals surface area contributed by atoms with Crippen LogP contribution in [0.2, 0.25) is 5.02 Å². The minimum atomic E-state index is -2.91. The first-order valence-electron chi connectivity index (χ1n) is 8.31.